The lowest BCUT2D eigenvalue weighted by Gasteiger charge is -2.09. The molecule has 106 valence electrons. The normalized spacial score (nSPS) is 10.6. The molecule has 0 aliphatic heterocycles. The van der Waals surface area contributed by atoms with Crippen LogP contribution in [0.25, 0.3) is 0 Å². The lowest BCUT2D eigenvalue weighted by atomic mass is 10.1. The fraction of sp³-hybridized carbons (Fsp3) is 0.200. The summed E-state index contributed by atoms with van der Waals surface area (Å²) in [6.45, 7) is 0.615. The Hall–Kier alpha value is -2.14. The molecule has 0 saturated carbocycles. The zero-order chi connectivity index (χ0) is 14.5. The van der Waals surface area contributed by atoms with Gasteiger partial charge in [-0.15, -0.1) is 0 Å². The van der Waals surface area contributed by atoms with E-state index in [2.05, 4.69) is 5.32 Å². The third kappa shape index (κ3) is 3.45. The van der Waals surface area contributed by atoms with Gasteiger partial charge in [-0.3, -0.25) is 0 Å². The van der Waals surface area contributed by atoms with Gasteiger partial charge in [0.25, 0.3) is 0 Å². The number of halogens is 2. The second-order valence-electron chi connectivity index (χ2n) is 4.33. The lowest BCUT2D eigenvalue weighted by molar-refractivity contribution is 0.406. The Morgan fingerprint density at radius 2 is 1.75 bits per heavy atom. The van der Waals surface area contributed by atoms with Gasteiger partial charge in [0, 0.05) is 36.3 Å². The summed E-state index contributed by atoms with van der Waals surface area (Å²) in [5, 5.41) is 12.8. The molecule has 2 rings (SSSR count). The zero-order valence-electron chi connectivity index (χ0n) is 11.0. The zero-order valence-corrected chi connectivity index (χ0v) is 11.0. The van der Waals surface area contributed by atoms with E-state index >= 15 is 0 Å². The van der Waals surface area contributed by atoms with Gasteiger partial charge >= 0.3 is 0 Å². The molecule has 0 fully saturated rings. The molecular weight excluding hydrogens is 264 g/mol. The quantitative estimate of drug-likeness (QED) is 0.884. The van der Waals surface area contributed by atoms with Gasteiger partial charge in [0.15, 0.2) is 0 Å². The molecule has 2 aromatic carbocycles. The van der Waals surface area contributed by atoms with Gasteiger partial charge in [0.05, 0.1) is 7.11 Å². The molecule has 0 aromatic heterocycles. The number of methoxy groups -OCH3 is 1. The maximum absolute atomic E-state index is 13.4. The van der Waals surface area contributed by atoms with Gasteiger partial charge in [-0.25, -0.2) is 8.78 Å². The minimum Gasteiger partial charge on any atom is -0.507 e. The van der Waals surface area contributed by atoms with E-state index in [4.69, 9.17) is 4.74 Å². The Kier molecular flexibility index (Phi) is 4.53. The Morgan fingerprint density at radius 3 is 2.40 bits per heavy atom. The van der Waals surface area contributed by atoms with Gasteiger partial charge in [-0.1, -0.05) is 12.1 Å². The standard InChI is InChI=1S/C15H15F2NO2/c1-20-13-5-3-11(15(19)7-13)9-18-8-10-2-4-12(16)6-14(10)17/h2-7,18-19H,8-9H2,1H3. The second kappa shape index (κ2) is 6.34. The van der Waals surface area contributed by atoms with Crippen molar-refractivity contribution in [2.24, 2.45) is 0 Å². The monoisotopic (exact) mass is 279 g/mol. The molecule has 0 saturated heterocycles. The smallest absolute Gasteiger partial charge is 0.130 e. The summed E-state index contributed by atoms with van der Waals surface area (Å²) in [7, 11) is 1.52. The van der Waals surface area contributed by atoms with E-state index in [1.807, 2.05) is 0 Å². The fourth-order valence-electron chi connectivity index (χ4n) is 1.82. The van der Waals surface area contributed by atoms with Crippen molar-refractivity contribution in [3.05, 3.63) is 59.2 Å². The van der Waals surface area contributed by atoms with Crippen molar-refractivity contribution < 1.29 is 18.6 Å². The van der Waals surface area contributed by atoms with Gasteiger partial charge in [-0.2, -0.15) is 0 Å². The van der Waals surface area contributed by atoms with E-state index in [0.717, 1.165) is 6.07 Å². The first-order chi connectivity index (χ1) is 9.60. The Balaban J connectivity index is 1.96. The molecule has 20 heavy (non-hydrogen) atoms. The number of phenolic OH excluding ortho intramolecular Hbond substituents is 1. The minimum absolute atomic E-state index is 0.108. The number of rotatable bonds is 5. The van der Waals surface area contributed by atoms with E-state index in [9.17, 15) is 13.9 Å². The van der Waals surface area contributed by atoms with Crippen LogP contribution in [0.15, 0.2) is 36.4 Å². The third-order valence-corrected chi connectivity index (χ3v) is 2.94. The highest BCUT2D eigenvalue weighted by Crippen LogP contribution is 2.23. The van der Waals surface area contributed by atoms with Gasteiger partial charge < -0.3 is 15.2 Å². The summed E-state index contributed by atoms with van der Waals surface area (Å²) in [6.07, 6.45) is 0. The predicted octanol–water partition coefficient (Wildman–Crippen LogP) is 2.97. The fourth-order valence-corrected chi connectivity index (χ4v) is 1.82. The first-order valence-corrected chi connectivity index (χ1v) is 6.10. The Bertz CT molecular complexity index is 602. The molecule has 0 aliphatic rings. The molecule has 2 aromatic rings. The van der Waals surface area contributed by atoms with Crippen LogP contribution in [0.2, 0.25) is 0 Å². The summed E-state index contributed by atoms with van der Waals surface area (Å²) < 4.78 is 31.1. The summed E-state index contributed by atoms with van der Waals surface area (Å²) in [5.74, 6) is -0.511. The summed E-state index contributed by atoms with van der Waals surface area (Å²) in [6, 6.07) is 8.42. The molecule has 0 atom stereocenters. The van der Waals surface area contributed by atoms with Crippen molar-refractivity contribution in [2.45, 2.75) is 13.1 Å². The highest BCUT2D eigenvalue weighted by Gasteiger charge is 2.05. The second-order valence-corrected chi connectivity index (χ2v) is 4.33. The van der Waals surface area contributed by atoms with Crippen LogP contribution in [0.3, 0.4) is 0 Å². The minimum atomic E-state index is -0.598. The highest BCUT2D eigenvalue weighted by molar-refractivity contribution is 5.39. The lowest BCUT2D eigenvalue weighted by Crippen LogP contribution is -2.14. The van der Waals surface area contributed by atoms with Crippen molar-refractivity contribution >= 4 is 0 Å². The first-order valence-electron chi connectivity index (χ1n) is 6.10. The molecular formula is C15H15F2NO2. The average molecular weight is 279 g/mol. The van der Waals surface area contributed by atoms with Crippen LogP contribution in [0.4, 0.5) is 8.78 Å². The first kappa shape index (κ1) is 14.3. The van der Waals surface area contributed by atoms with Crippen LogP contribution in [-0.4, -0.2) is 12.2 Å². The Morgan fingerprint density at radius 1 is 1.05 bits per heavy atom. The Labute approximate surface area is 115 Å². The van der Waals surface area contributed by atoms with E-state index in [0.29, 0.717) is 23.4 Å². The summed E-state index contributed by atoms with van der Waals surface area (Å²) in [5.41, 5.74) is 1.05. The maximum atomic E-state index is 13.4. The molecule has 0 bridgehead atoms. The number of benzene rings is 2. The van der Waals surface area contributed by atoms with Crippen LogP contribution in [0.1, 0.15) is 11.1 Å². The number of hydrogen-bond acceptors (Lipinski definition) is 3. The van der Waals surface area contributed by atoms with Crippen LogP contribution in [0, 0.1) is 11.6 Å². The number of ether oxygens (including phenoxy) is 1. The van der Waals surface area contributed by atoms with E-state index in [-0.39, 0.29) is 12.3 Å². The topological polar surface area (TPSA) is 41.5 Å². The van der Waals surface area contributed by atoms with E-state index in [1.165, 1.54) is 25.3 Å². The summed E-state index contributed by atoms with van der Waals surface area (Å²) in [4.78, 5) is 0. The van der Waals surface area contributed by atoms with Crippen molar-refractivity contribution in [1.82, 2.24) is 5.32 Å². The predicted molar refractivity (Wildman–Crippen MR) is 71.6 cm³/mol. The van der Waals surface area contributed by atoms with Crippen LogP contribution < -0.4 is 10.1 Å². The molecule has 0 heterocycles. The van der Waals surface area contributed by atoms with Gasteiger partial charge in [-0.05, 0) is 12.1 Å². The maximum Gasteiger partial charge on any atom is 0.130 e. The molecule has 0 aliphatic carbocycles. The van der Waals surface area contributed by atoms with Crippen LogP contribution >= 0.6 is 0 Å². The SMILES string of the molecule is COc1ccc(CNCc2ccc(F)cc2F)c(O)c1. The van der Waals surface area contributed by atoms with Crippen molar-refractivity contribution in [1.29, 1.82) is 0 Å². The van der Waals surface area contributed by atoms with E-state index < -0.39 is 11.6 Å². The van der Waals surface area contributed by atoms with Gasteiger partial charge in [0.2, 0.25) is 0 Å². The highest BCUT2D eigenvalue weighted by atomic mass is 19.1. The number of nitrogens with one attached hydrogen (secondary N) is 1. The number of hydrogen-bond donors (Lipinski definition) is 2. The molecule has 3 nitrogen and oxygen atoms in total. The molecule has 0 spiro atoms. The molecule has 2 N–H and O–H groups in total. The van der Waals surface area contributed by atoms with Crippen LogP contribution in [-0.2, 0) is 13.1 Å². The molecule has 0 amide bonds. The molecule has 5 heteroatoms. The molecule has 0 unspecified atom stereocenters. The van der Waals surface area contributed by atoms with Crippen molar-refractivity contribution in [3.8, 4) is 11.5 Å². The third-order valence-electron chi connectivity index (χ3n) is 2.94. The average Bonchev–Trinajstić information content (AvgIpc) is 2.42. The summed E-state index contributed by atoms with van der Waals surface area (Å²) >= 11 is 0. The van der Waals surface area contributed by atoms with Crippen molar-refractivity contribution in [3.63, 3.8) is 0 Å². The number of aromatic hydroxyl groups is 1. The largest absolute Gasteiger partial charge is 0.507 e. The molecule has 0 radical (unpaired) electrons. The van der Waals surface area contributed by atoms with E-state index in [1.54, 1.807) is 12.1 Å². The number of phenols is 1. The van der Waals surface area contributed by atoms with Crippen LogP contribution in [0.5, 0.6) is 11.5 Å². The van der Waals surface area contributed by atoms with Crippen molar-refractivity contribution in [2.75, 3.05) is 7.11 Å². The van der Waals surface area contributed by atoms with Gasteiger partial charge in [0.1, 0.15) is 23.1 Å².